The molecule has 0 amide bonds. The number of benzene rings is 4. The van der Waals surface area contributed by atoms with Gasteiger partial charge in [0.1, 0.15) is 48.4 Å². The summed E-state index contributed by atoms with van der Waals surface area (Å²) >= 11 is 0. The average molecular weight is 811 g/mol. The highest BCUT2D eigenvalue weighted by molar-refractivity contribution is 5.93. The van der Waals surface area contributed by atoms with Crippen molar-refractivity contribution in [2.45, 2.75) is 97.1 Å². The standard InChI is InChI=1S/C47H54O12/c1-5-7-9-11-29-52-37-21-13-35(14-22-37)45(50)56-39-25-17-33(18-26-39)43(48)54-31-41-42(59-47(3,4)58-41)32-55-44(49)34-19-27-40(28-20-34)57-46(51)36-15-23-38(24-16-36)53-30-12-10-8-6-2/h13-28,41-42H,5-12,29-32H2,1-4H3/t41-,42?/m1/s1. The van der Waals surface area contributed by atoms with E-state index in [1.165, 1.54) is 61.4 Å². The largest absolute Gasteiger partial charge is 0.494 e. The first kappa shape index (κ1) is 44.4. The van der Waals surface area contributed by atoms with Gasteiger partial charge in [0, 0.05) is 0 Å². The molecule has 0 aliphatic carbocycles. The molecule has 12 nitrogen and oxygen atoms in total. The zero-order chi connectivity index (χ0) is 42.0. The second kappa shape index (κ2) is 22.4. The molecule has 1 aliphatic heterocycles. The summed E-state index contributed by atoms with van der Waals surface area (Å²) in [7, 11) is 0. The number of hydrogen-bond acceptors (Lipinski definition) is 12. The fourth-order valence-corrected chi connectivity index (χ4v) is 6.14. The quantitative estimate of drug-likeness (QED) is 0.0424. The van der Waals surface area contributed by atoms with E-state index in [0.717, 1.165) is 38.5 Å². The van der Waals surface area contributed by atoms with Gasteiger partial charge in [0.05, 0.1) is 35.5 Å². The first-order valence-corrected chi connectivity index (χ1v) is 20.3. The van der Waals surface area contributed by atoms with E-state index < -0.39 is 41.9 Å². The summed E-state index contributed by atoms with van der Waals surface area (Å²) in [5, 5.41) is 0. The number of unbranched alkanes of at least 4 members (excludes halogenated alkanes) is 6. The molecule has 1 saturated heterocycles. The SMILES string of the molecule is CCCCCCOc1ccc(C(=O)Oc2ccc(C(=O)OCC3OC(C)(C)O[C@@H]3COC(=O)c3ccc(OC(=O)c4ccc(OCCCCCC)cc4)cc3)cc2)cc1. The van der Waals surface area contributed by atoms with E-state index in [1.54, 1.807) is 62.4 Å². The van der Waals surface area contributed by atoms with Gasteiger partial charge in [0.25, 0.3) is 0 Å². The molecule has 5 rings (SSSR count). The summed E-state index contributed by atoms with van der Waals surface area (Å²) in [5.41, 5.74) is 1.19. The molecule has 314 valence electrons. The van der Waals surface area contributed by atoms with E-state index in [4.69, 9.17) is 37.9 Å². The first-order chi connectivity index (χ1) is 28.5. The van der Waals surface area contributed by atoms with Gasteiger partial charge < -0.3 is 37.9 Å². The Labute approximate surface area is 346 Å². The minimum absolute atomic E-state index is 0.172. The first-order valence-electron chi connectivity index (χ1n) is 20.3. The fraction of sp³-hybridized carbons (Fsp3) is 0.404. The van der Waals surface area contributed by atoms with Crippen LogP contribution >= 0.6 is 0 Å². The molecule has 1 fully saturated rings. The van der Waals surface area contributed by atoms with E-state index in [2.05, 4.69) is 13.8 Å². The van der Waals surface area contributed by atoms with Crippen LogP contribution in [0.3, 0.4) is 0 Å². The molecule has 4 aromatic rings. The van der Waals surface area contributed by atoms with Gasteiger partial charge in [-0.05, 0) is 124 Å². The van der Waals surface area contributed by atoms with Crippen molar-refractivity contribution in [2.24, 2.45) is 0 Å². The minimum Gasteiger partial charge on any atom is -0.494 e. The van der Waals surface area contributed by atoms with E-state index in [9.17, 15) is 19.2 Å². The molecule has 0 aromatic heterocycles. The van der Waals surface area contributed by atoms with Crippen LogP contribution < -0.4 is 18.9 Å². The van der Waals surface area contributed by atoms with Gasteiger partial charge in [-0.2, -0.15) is 0 Å². The zero-order valence-corrected chi connectivity index (χ0v) is 34.3. The van der Waals surface area contributed by atoms with Gasteiger partial charge >= 0.3 is 23.9 Å². The summed E-state index contributed by atoms with van der Waals surface area (Å²) in [6.45, 7) is 8.64. The Morgan fingerprint density at radius 3 is 1.12 bits per heavy atom. The molecule has 0 radical (unpaired) electrons. The van der Waals surface area contributed by atoms with Gasteiger partial charge in [-0.25, -0.2) is 19.2 Å². The maximum atomic E-state index is 12.9. The highest BCUT2D eigenvalue weighted by Crippen LogP contribution is 2.29. The maximum absolute atomic E-state index is 12.9. The van der Waals surface area contributed by atoms with Crippen LogP contribution in [0.5, 0.6) is 23.0 Å². The van der Waals surface area contributed by atoms with Crippen molar-refractivity contribution in [1.82, 2.24) is 0 Å². The number of carbonyl (C=O) groups excluding carboxylic acids is 4. The van der Waals surface area contributed by atoms with E-state index >= 15 is 0 Å². The smallest absolute Gasteiger partial charge is 0.343 e. The van der Waals surface area contributed by atoms with Crippen LogP contribution in [-0.2, 0) is 18.9 Å². The monoisotopic (exact) mass is 810 g/mol. The molecule has 12 heteroatoms. The summed E-state index contributed by atoms with van der Waals surface area (Å²) in [6.07, 6.45) is 7.42. The average Bonchev–Trinajstić information content (AvgIpc) is 3.55. The number of esters is 4. The van der Waals surface area contributed by atoms with Crippen molar-refractivity contribution in [3.05, 3.63) is 119 Å². The summed E-state index contributed by atoms with van der Waals surface area (Å²) < 4.78 is 45.4. The molecule has 1 aliphatic rings. The molecular weight excluding hydrogens is 757 g/mol. The van der Waals surface area contributed by atoms with Crippen molar-refractivity contribution < 1.29 is 57.1 Å². The Morgan fingerprint density at radius 2 is 0.780 bits per heavy atom. The Kier molecular flexibility index (Phi) is 16.9. The Bertz CT molecular complexity index is 1800. The molecule has 0 spiro atoms. The molecule has 2 atom stereocenters. The third-order valence-corrected chi connectivity index (χ3v) is 9.36. The van der Waals surface area contributed by atoms with E-state index in [1.807, 2.05) is 0 Å². The Hall–Kier alpha value is -5.72. The second-order valence-electron chi connectivity index (χ2n) is 14.6. The molecule has 0 bridgehead atoms. The molecular formula is C47H54O12. The van der Waals surface area contributed by atoms with Crippen molar-refractivity contribution in [2.75, 3.05) is 26.4 Å². The van der Waals surface area contributed by atoms with Crippen molar-refractivity contribution in [3.63, 3.8) is 0 Å². The number of rotatable bonds is 22. The van der Waals surface area contributed by atoms with Crippen LogP contribution in [0, 0.1) is 0 Å². The highest BCUT2D eigenvalue weighted by Gasteiger charge is 2.42. The normalized spacial score (nSPS) is 15.5. The number of ether oxygens (including phenoxy) is 8. The van der Waals surface area contributed by atoms with Crippen molar-refractivity contribution in [1.29, 1.82) is 0 Å². The lowest BCUT2D eigenvalue weighted by Gasteiger charge is -2.17. The van der Waals surface area contributed by atoms with Crippen LogP contribution in [0.25, 0.3) is 0 Å². The number of hydrogen-bond donors (Lipinski definition) is 0. The molecule has 1 unspecified atom stereocenters. The fourth-order valence-electron chi connectivity index (χ4n) is 6.14. The van der Waals surface area contributed by atoms with E-state index in [0.29, 0.717) is 35.8 Å². The Morgan fingerprint density at radius 1 is 0.458 bits per heavy atom. The molecule has 59 heavy (non-hydrogen) atoms. The van der Waals surface area contributed by atoms with Crippen LogP contribution in [-0.4, -0.2) is 68.3 Å². The molecule has 4 aromatic carbocycles. The molecule has 0 N–H and O–H groups in total. The van der Waals surface area contributed by atoms with Gasteiger partial charge in [-0.3, -0.25) is 0 Å². The predicted molar refractivity (Wildman–Crippen MR) is 219 cm³/mol. The summed E-state index contributed by atoms with van der Waals surface area (Å²) in [4.78, 5) is 51.2. The second-order valence-corrected chi connectivity index (χ2v) is 14.6. The third kappa shape index (κ3) is 14.3. The van der Waals surface area contributed by atoms with Crippen molar-refractivity contribution in [3.8, 4) is 23.0 Å². The van der Waals surface area contributed by atoms with E-state index in [-0.39, 0.29) is 35.8 Å². The lowest BCUT2D eigenvalue weighted by Crippen LogP contribution is -2.33. The predicted octanol–water partition coefficient (Wildman–Crippen LogP) is 9.58. The van der Waals surface area contributed by atoms with Gasteiger partial charge in [0.15, 0.2) is 5.79 Å². The topological polar surface area (TPSA) is 142 Å². The van der Waals surface area contributed by atoms with Gasteiger partial charge in [0.2, 0.25) is 0 Å². The van der Waals surface area contributed by atoms with Gasteiger partial charge in [-0.1, -0.05) is 52.4 Å². The zero-order valence-electron chi connectivity index (χ0n) is 34.3. The lowest BCUT2D eigenvalue weighted by atomic mass is 10.2. The minimum atomic E-state index is -1.02. The number of carbonyl (C=O) groups is 4. The summed E-state index contributed by atoms with van der Waals surface area (Å²) in [6, 6.07) is 25.5. The molecule has 1 heterocycles. The van der Waals surface area contributed by atoms with Crippen LogP contribution in [0.2, 0.25) is 0 Å². The summed E-state index contributed by atoms with van der Waals surface area (Å²) in [5.74, 6) is -1.47. The van der Waals surface area contributed by atoms with Crippen LogP contribution in [0.1, 0.15) is 120 Å². The van der Waals surface area contributed by atoms with Crippen molar-refractivity contribution >= 4 is 23.9 Å². The molecule has 0 saturated carbocycles. The lowest BCUT2D eigenvalue weighted by molar-refractivity contribution is -0.151. The van der Waals surface area contributed by atoms with Gasteiger partial charge in [-0.15, -0.1) is 0 Å². The maximum Gasteiger partial charge on any atom is 0.343 e. The van der Waals surface area contributed by atoms with Crippen LogP contribution in [0.4, 0.5) is 0 Å². The highest BCUT2D eigenvalue weighted by atomic mass is 16.8. The third-order valence-electron chi connectivity index (χ3n) is 9.36. The Balaban J connectivity index is 1.04. The van der Waals surface area contributed by atoms with Crippen LogP contribution in [0.15, 0.2) is 97.1 Å².